The number of aliphatic carboxylic acids is 1. The van der Waals surface area contributed by atoms with Gasteiger partial charge in [-0.25, -0.2) is 0 Å². The maximum absolute atomic E-state index is 12.4. The quantitative estimate of drug-likeness (QED) is 0.525. The first-order valence-electron chi connectivity index (χ1n) is 8.67. The number of carboxylic acid groups (broad SMARTS) is 1. The average Bonchev–Trinajstić information content (AvgIpc) is 3.23. The Kier molecular flexibility index (Phi) is 5.41. The van der Waals surface area contributed by atoms with Crippen LogP contribution in [0.25, 0.3) is 0 Å². The third-order valence-electron chi connectivity index (χ3n) is 5.15. The van der Waals surface area contributed by atoms with Crippen molar-refractivity contribution in [3.05, 3.63) is 40.4 Å². The van der Waals surface area contributed by atoms with Crippen LogP contribution in [0.5, 0.6) is 5.75 Å². The lowest BCUT2D eigenvalue weighted by Crippen LogP contribution is -2.49. The second kappa shape index (κ2) is 7.60. The molecule has 8 heteroatoms. The number of hydrazine groups is 1. The largest absolute Gasteiger partial charge is 0.484 e. The highest BCUT2D eigenvalue weighted by atomic mass is 35.5. The van der Waals surface area contributed by atoms with Crippen molar-refractivity contribution >= 4 is 29.4 Å². The molecule has 2 aliphatic carbocycles. The van der Waals surface area contributed by atoms with Crippen LogP contribution in [0.4, 0.5) is 0 Å². The molecule has 27 heavy (non-hydrogen) atoms. The predicted octanol–water partition coefficient (Wildman–Crippen LogP) is 2.01. The summed E-state index contributed by atoms with van der Waals surface area (Å²) in [4.78, 5) is 35.8. The molecule has 1 saturated carbocycles. The van der Waals surface area contributed by atoms with Gasteiger partial charge in [-0.2, -0.15) is 0 Å². The smallest absolute Gasteiger partial charge is 0.307 e. The minimum Gasteiger partial charge on any atom is -0.484 e. The molecule has 3 N–H and O–H groups in total. The minimum absolute atomic E-state index is 0.107. The Morgan fingerprint density at radius 3 is 2.30 bits per heavy atom. The van der Waals surface area contributed by atoms with Gasteiger partial charge in [0.25, 0.3) is 5.91 Å². The molecule has 144 valence electrons. The zero-order valence-electron chi connectivity index (χ0n) is 15.0. The Balaban J connectivity index is 1.51. The Hall–Kier alpha value is -2.54. The van der Waals surface area contributed by atoms with E-state index in [0.29, 0.717) is 17.2 Å². The van der Waals surface area contributed by atoms with E-state index in [9.17, 15) is 19.5 Å². The predicted molar refractivity (Wildman–Crippen MR) is 98.1 cm³/mol. The monoisotopic (exact) mass is 392 g/mol. The summed E-state index contributed by atoms with van der Waals surface area (Å²) in [5.41, 5.74) is 6.28. The summed E-state index contributed by atoms with van der Waals surface area (Å²) in [6.07, 6.45) is 4.39. The molecule has 4 atom stereocenters. The first-order chi connectivity index (χ1) is 12.8. The number of benzene rings is 1. The molecule has 0 spiro atoms. The van der Waals surface area contributed by atoms with Crippen molar-refractivity contribution in [3.8, 4) is 5.75 Å². The molecule has 2 amide bonds. The van der Waals surface area contributed by atoms with Crippen molar-refractivity contribution in [1.29, 1.82) is 0 Å². The van der Waals surface area contributed by atoms with Crippen molar-refractivity contribution in [1.82, 2.24) is 10.9 Å². The highest BCUT2D eigenvalue weighted by Crippen LogP contribution is 2.48. The second-order valence-corrected chi connectivity index (χ2v) is 7.41. The lowest BCUT2D eigenvalue weighted by molar-refractivity contribution is -0.148. The van der Waals surface area contributed by atoms with Gasteiger partial charge in [0.15, 0.2) is 6.61 Å². The van der Waals surface area contributed by atoms with Gasteiger partial charge in [0, 0.05) is 5.02 Å². The van der Waals surface area contributed by atoms with Gasteiger partial charge in [-0.1, -0.05) is 23.8 Å². The SMILES string of the molecule is Cc1cc(OCC(=O)NNC(=O)[C@@H]2[C@@H](C(=O)O)[C@H]3C=C[C@H]2C3)cc(C)c1Cl. The zero-order valence-corrected chi connectivity index (χ0v) is 15.7. The number of nitrogens with one attached hydrogen (secondary N) is 2. The van der Waals surface area contributed by atoms with Crippen LogP contribution in [-0.4, -0.2) is 29.5 Å². The molecular formula is C19H21ClN2O5. The van der Waals surface area contributed by atoms with Gasteiger partial charge < -0.3 is 9.84 Å². The van der Waals surface area contributed by atoms with E-state index >= 15 is 0 Å². The Labute approximate surface area is 161 Å². The molecule has 7 nitrogen and oxygen atoms in total. The summed E-state index contributed by atoms with van der Waals surface area (Å²) in [5, 5.41) is 10.0. The molecule has 0 heterocycles. The van der Waals surface area contributed by atoms with Gasteiger partial charge in [-0.05, 0) is 55.4 Å². The molecule has 1 aromatic rings. The molecule has 3 rings (SSSR count). The second-order valence-electron chi connectivity index (χ2n) is 7.04. The number of hydrogen-bond acceptors (Lipinski definition) is 4. The summed E-state index contributed by atoms with van der Waals surface area (Å²) in [6.45, 7) is 3.38. The summed E-state index contributed by atoms with van der Waals surface area (Å²) < 4.78 is 5.42. The summed E-state index contributed by atoms with van der Waals surface area (Å²) in [7, 11) is 0. The fourth-order valence-corrected chi connectivity index (χ4v) is 4.01. The maximum Gasteiger partial charge on any atom is 0.307 e. The molecule has 0 saturated heterocycles. The number of allylic oxidation sites excluding steroid dienone is 2. The number of carboxylic acids is 1. The number of aryl methyl sites for hydroxylation is 2. The van der Waals surface area contributed by atoms with E-state index in [-0.39, 0.29) is 18.4 Å². The molecule has 0 unspecified atom stereocenters. The van der Waals surface area contributed by atoms with E-state index in [1.807, 2.05) is 26.0 Å². The van der Waals surface area contributed by atoms with Crippen LogP contribution in [0.3, 0.4) is 0 Å². The van der Waals surface area contributed by atoms with E-state index in [0.717, 1.165) is 11.1 Å². The number of amides is 2. The number of ether oxygens (including phenoxy) is 1. The van der Waals surface area contributed by atoms with Crippen LogP contribution >= 0.6 is 11.6 Å². The van der Waals surface area contributed by atoms with E-state index in [1.165, 1.54) is 0 Å². The summed E-state index contributed by atoms with van der Waals surface area (Å²) in [5.74, 6) is -3.20. The average molecular weight is 393 g/mol. The van der Waals surface area contributed by atoms with Crippen LogP contribution in [-0.2, 0) is 14.4 Å². The normalized spacial score (nSPS) is 25.3. The van der Waals surface area contributed by atoms with Gasteiger partial charge in [0.2, 0.25) is 5.91 Å². The number of rotatable bonds is 5. The van der Waals surface area contributed by atoms with E-state index in [2.05, 4.69) is 10.9 Å². The third-order valence-corrected chi connectivity index (χ3v) is 5.75. The van der Waals surface area contributed by atoms with Crippen molar-refractivity contribution in [3.63, 3.8) is 0 Å². The lowest BCUT2D eigenvalue weighted by Gasteiger charge is -2.23. The number of fused-ring (bicyclic) bond motifs is 2. The fourth-order valence-electron chi connectivity index (χ4n) is 3.91. The molecule has 1 fully saturated rings. The van der Waals surface area contributed by atoms with E-state index in [1.54, 1.807) is 12.1 Å². The minimum atomic E-state index is -0.991. The first kappa shape index (κ1) is 19.2. The van der Waals surface area contributed by atoms with Crippen LogP contribution < -0.4 is 15.6 Å². The highest BCUT2D eigenvalue weighted by molar-refractivity contribution is 6.32. The molecule has 2 aliphatic rings. The van der Waals surface area contributed by atoms with Gasteiger partial charge in [0.1, 0.15) is 5.75 Å². The Morgan fingerprint density at radius 2 is 1.70 bits per heavy atom. The molecule has 2 bridgehead atoms. The van der Waals surface area contributed by atoms with Gasteiger partial charge in [-0.15, -0.1) is 0 Å². The van der Waals surface area contributed by atoms with Crippen molar-refractivity contribution in [2.75, 3.05) is 6.61 Å². The molecule has 0 radical (unpaired) electrons. The molecular weight excluding hydrogens is 372 g/mol. The Morgan fingerprint density at radius 1 is 1.11 bits per heavy atom. The molecule has 0 aliphatic heterocycles. The van der Waals surface area contributed by atoms with Crippen LogP contribution in [0.1, 0.15) is 17.5 Å². The van der Waals surface area contributed by atoms with Gasteiger partial charge >= 0.3 is 5.97 Å². The third kappa shape index (κ3) is 3.93. The number of halogens is 1. The Bertz CT molecular complexity index is 799. The number of carbonyl (C=O) groups excluding carboxylic acids is 2. The van der Waals surface area contributed by atoms with Crippen molar-refractivity contribution in [2.45, 2.75) is 20.3 Å². The van der Waals surface area contributed by atoms with Crippen LogP contribution in [0.15, 0.2) is 24.3 Å². The lowest BCUT2D eigenvalue weighted by atomic mass is 9.82. The van der Waals surface area contributed by atoms with Gasteiger partial charge in [0.05, 0.1) is 11.8 Å². The molecule has 0 aromatic heterocycles. The standard InChI is InChI=1S/C19H21ClN2O5/c1-9-5-13(6-10(2)17(9)20)27-8-14(23)21-22-18(24)15-11-3-4-12(7-11)16(15)19(25)26/h3-6,11-12,15-16H,7-8H2,1-2H3,(H,21,23)(H,22,24)(H,25,26)/t11-,12-,15-,16-/m0/s1. The van der Waals surface area contributed by atoms with Crippen molar-refractivity contribution in [2.24, 2.45) is 23.7 Å². The van der Waals surface area contributed by atoms with Crippen molar-refractivity contribution < 1.29 is 24.2 Å². The topological polar surface area (TPSA) is 105 Å². The number of carbonyl (C=O) groups is 3. The van der Waals surface area contributed by atoms with Crippen LogP contribution in [0, 0.1) is 37.5 Å². The van der Waals surface area contributed by atoms with Crippen LogP contribution in [0.2, 0.25) is 5.02 Å². The maximum atomic E-state index is 12.4. The highest BCUT2D eigenvalue weighted by Gasteiger charge is 2.51. The summed E-state index contributed by atoms with van der Waals surface area (Å²) in [6, 6.07) is 3.44. The summed E-state index contributed by atoms with van der Waals surface area (Å²) >= 11 is 6.09. The first-order valence-corrected chi connectivity index (χ1v) is 9.05. The number of hydrogen-bond donors (Lipinski definition) is 3. The fraction of sp³-hybridized carbons (Fsp3) is 0.421. The zero-order chi connectivity index (χ0) is 19.7. The van der Waals surface area contributed by atoms with Gasteiger partial charge in [-0.3, -0.25) is 25.2 Å². The van der Waals surface area contributed by atoms with E-state index in [4.69, 9.17) is 16.3 Å². The van der Waals surface area contributed by atoms with E-state index < -0.39 is 29.6 Å². The molecule has 1 aromatic carbocycles.